The van der Waals surface area contributed by atoms with Gasteiger partial charge in [0.1, 0.15) is 5.82 Å². The number of amides is 3. The predicted octanol–water partition coefficient (Wildman–Crippen LogP) is 6.98. The highest BCUT2D eigenvalue weighted by Crippen LogP contribution is 2.44. The van der Waals surface area contributed by atoms with Gasteiger partial charge in [-0.3, -0.25) is 14.4 Å². The molecule has 3 amide bonds. The molecule has 3 aliphatic heterocycles. The molecule has 12 heteroatoms. The van der Waals surface area contributed by atoms with Crippen molar-refractivity contribution in [2.45, 2.75) is 26.2 Å². The van der Waals surface area contributed by atoms with Crippen LogP contribution in [0.15, 0.2) is 85.2 Å². The Balaban J connectivity index is 0.971. The Morgan fingerprint density at radius 2 is 1.71 bits per heavy atom. The third-order valence-electron chi connectivity index (χ3n) is 9.85. The quantitative estimate of drug-likeness (QED) is 0.196. The topological polar surface area (TPSA) is 117 Å². The summed E-state index contributed by atoms with van der Waals surface area (Å²) in [5, 5.41) is 6.36. The van der Waals surface area contributed by atoms with Gasteiger partial charge in [-0.1, -0.05) is 18.2 Å². The van der Waals surface area contributed by atoms with Crippen LogP contribution in [0.5, 0.6) is 0 Å². The minimum atomic E-state index is -0.688. The molecule has 2 N–H and O–H groups in total. The van der Waals surface area contributed by atoms with Crippen molar-refractivity contribution in [2.24, 2.45) is 5.41 Å². The number of benzene rings is 2. The maximum atomic E-state index is 14.2. The minimum Gasteiger partial charge on any atom is -0.381 e. The SMILES string of the molecule is Cc1cnc(N2CC3(CCOCC3)C2)c(C(=O)Nc2ccc(C(=O)N3CCc4cc(NC(=O)c5ncccc5F)sc4-c4ccccc43)cc2)c1. The third kappa shape index (κ3) is 6.36. The summed E-state index contributed by atoms with van der Waals surface area (Å²) in [5.74, 6) is -1.04. The molecule has 2 saturated heterocycles. The van der Waals surface area contributed by atoms with Crippen LogP contribution < -0.4 is 20.4 Å². The number of rotatable bonds is 6. The second-order valence-electron chi connectivity index (χ2n) is 13.4. The Bertz CT molecular complexity index is 2160. The van der Waals surface area contributed by atoms with Crippen LogP contribution in [-0.4, -0.2) is 60.5 Å². The molecule has 10 nitrogen and oxygen atoms in total. The molecule has 0 unspecified atom stereocenters. The van der Waals surface area contributed by atoms with Crippen LogP contribution in [-0.2, 0) is 11.2 Å². The number of aryl methyl sites for hydroxylation is 1. The molecule has 2 aromatic carbocycles. The fourth-order valence-electron chi connectivity index (χ4n) is 7.16. The van der Waals surface area contributed by atoms with Crippen molar-refractivity contribution in [2.75, 3.05) is 53.3 Å². The average molecular weight is 703 g/mol. The molecular weight excluding hydrogens is 668 g/mol. The highest BCUT2D eigenvalue weighted by atomic mass is 32.1. The summed E-state index contributed by atoms with van der Waals surface area (Å²) in [5.41, 5.74) is 5.05. The number of pyridine rings is 2. The Morgan fingerprint density at radius 1 is 0.922 bits per heavy atom. The van der Waals surface area contributed by atoms with Crippen LogP contribution in [0.25, 0.3) is 10.4 Å². The van der Waals surface area contributed by atoms with E-state index in [1.165, 1.54) is 29.7 Å². The Morgan fingerprint density at radius 3 is 2.49 bits per heavy atom. The first-order valence-corrected chi connectivity index (χ1v) is 17.8. The number of ether oxygens (including phenoxy) is 1. The normalized spacial score (nSPS) is 16.0. The molecule has 3 aliphatic rings. The number of thiophene rings is 1. The molecule has 51 heavy (non-hydrogen) atoms. The first-order chi connectivity index (χ1) is 24.8. The van der Waals surface area contributed by atoms with E-state index >= 15 is 0 Å². The molecule has 0 saturated carbocycles. The predicted molar refractivity (Wildman–Crippen MR) is 195 cm³/mol. The zero-order valence-electron chi connectivity index (χ0n) is 27.9. The first kappa shape index (κ1) is 32.7. The lowest BCUT2D eigenvalue weighted by molar-refractivity contribution is -0.000511. The summed E-state index contributed by atoms with van der Waals surface area (Å²) < 4.78 is 19.7. The van der Waals surface area contributed by atoms with Gasteiger partial charge in [0, 0.05) is 72.3 Å². The van der Waals surface area contributed by atoms with Gasteiger partial charge in [-0.25, -0.2) is 14.4 Å². The zero-order valence-corrected chi connectivity index (χ0v) is 28.8. The van der Waals surface area contributed by atoms with E-state index in [4.69, 9.17) is 4.74 Å². The second-order valence-corrected chi connectivity index (χ2v) is 14.4. The van der Waals surface area contributed by atoms with E-state index in [2.05, 4.69) is 25.5 Å². The van der Waals surface area contributed by atoms with Crippen molar-refractivity contribution in [3.8, 4) is 10.4 Å². The fraction of sp³-hybridized carbons (Fsp3) is 0.256. The summed E-state index contributed by atoms with van der Waals surface area (Å²) in [6.45, 7) is 5.62. The standard InChI is InChI=1S/C39H35FN6O4S/c1-24-19-29(35(42-21-24)45-22-39(23-45)13-17-50-18-14-39)36(47)43-27-10-8-25(9-11-27)38(49)46-16-12-26-20-32(44-37(48)33-30(40)6-4-15-41-33)51-34(26)28-5-2-3-7-31(28)46/h2-11,15,19-21H,12-14,16-18,22-23H2,1H3,(H,43,47)(H,44,48). The number of hydrogen-bond donors (Lipinski definition) is 2. The lowest BCUT2D eigenvalue weighted by atomic mass is 9.73. The average Bonchev–Trinajstić information content (AvgIpc) is 3.46. The van der Waals surface area contributed by atoms with Crippen LogP contribution in [0.2, 0.25) is 0 Å². The zero-order chi connectivity index (χ0) is 35.1. The van der Waals surface area contributed by atoms with Crippen molar-refractivity contribution >= 4 is 51.3 Å². The first-order valence-electron chi connectivity index (χ1n) is 16.9. The molecule has 6 heterocycles. The van der Waals surface area contributed by atoms with Gasteiger partial charge in [0.05, 0.1) is 16.3 Å². The molecular formula is C39H35FN6O4S. The van der Waals surface area contributed by atoms with Crippen LogP contribution >= 0.6 is 11.3 Å². The molecule has 2 fully saturated rings. The Kier molecular flexibility index (Phi) is 8.56. The number of fused-ring (bicyclic) bond motifs is 3. The van der Waals surface area contributed by atoms with E-state index in [1.807, 2.05) is 43.3 Å². The minimum absolute atomic E-state index is 0.167. The van der Waals surface area contributed by atoms with Gasteiger partial charge in [0.2, 0.25) is 0 Å². The van der Waals surface area contributed by atoms with Crippen LogP contribution in [0.4, 0.5) is 26.6 Å². The van der Waals surface area contributed by atoms with Gasteiger partial charge in [0.15, 0.2) is 11.5 Å². The molecule has 8 rings (SSSR count). The number of anilines is 4. The molecule has 1 spiro atoms. The van der Waals surface area contributed by atoms with E-state index < -0.39 is 11.7 Å². The smallest absolute Gasteiger partial charge is 0.277 e. The lowest BCUT2D eigenvalue weighted by Gasteiger charge is -2.53. The van der Waals surface area contributed by atoms with E-state index in [-0.39, 0.29) is 22.9 Å². The summed E-state index contributed by atoms with van der Waals surface area (Å²) in [4.78, 5) is 53.7. The highest BCUT2D eigenvalue weighted by Gasteiger charge is 2.45. The van der Waals surface area contributed by atoms with E-state index in [0.29, 0.717) is 40.6 Å². The van der Waals surface area contributed by atoms with Crippen molar-refractivity contribution in [1.29, 1.82) is 0 Å². The fourth-order valence-corrected chi connectivity index (χ4v) is 8.30. The van der Waals surface area contributed by atoms with Crippen molar-refractivity contribution in [1.82, 2.24) is 9.97 Å². The largest absolute Gasteiger partial charge is 0.381 e. The maximum absolute atomic E-state index is 14.2. The number of para-hydroxylation sites is 1. The van der Waals surface area contributed by atoms with Crippen molar-refractivity contribution in [3.05, 3.63) is 119 Å². The van der Waals surface area contributed by atoms with Gasteiger partial charge >= 0.3 is 0 Å². The molecule has 5 aromatic rings. The van der Waals surface area contributed by atoms with Crippen LogP contribution in [0.1, 0.15) is 55.2 Å². The van der Waals surface area contributed by atoms with Crippen LogP contribution in [0.3, 0.4) is 0 Å². The summed E-state index contributed by atoms with van der Waals surface area (Å²) in [6.07, 6.45) is 5.77. The Labute approximate surface area is 298 Å². The molecule has 0 atom stereocenters. The number of aromatic nitrogens is 2. The summed E-state index contributed by atoms with van der Waals surface area (Å²) in [7, 11) is 0. The number of nitrogens with one attached hydrogen (secondary N) is 2. The highest BCUT2D eigenvalue weighted by molar-refractivity contribution is 7.19. The van der Waals surface area contributed by atoms with Gasteiger partial charge < -0.3 is 25.2 Å². The number of carbonyl (C=O) groups is 3. The van der Waals surface area contributed by atoms with Crippen molar-refractivity contribution in [3.63, 3.8) is 0 Å². The number of hydrogen-bond acceptors (Lipinski definition) is 8. The van der Waals surface area contributed by atoms with E-state index in [1.54, 1.807) is 35.4 Å². The van der Waals surface area contributed by atoms with Crippen molar-refractivity contribution < 1.29 is 23.5 Å². The van der Waals surface area contributed by atoms with Crippen LogP contribution in [0, 0.1) is 18.2 Å². The molecule has 0 aliphatic carbocycles. The summed E-state index contributed by atoms with van der Waals surface area (Å²) in [6, 6.07) is 21.0. The number of nitrogens with zero attached hydrogens (tertiary/aromatic N) is 4. The molecule has 0 bridgehead atoms. The van der Waals surface area contributed by atoms with Gasteiger partial charge in [0.25, 0.3) is 17.7 Å². The van der Waals surface area contributed by atoms with Gasteiger partial charge in [-0.05, 0) is 91.9 Å². The molecule has 3 aromatic heterocycles. The number of carbonyl (C=O) groups excluding carboxylic acids is 3. The maximum Gasteiger partial charge on any atom is 0.277 e. The van der Waals surface area contributed by atoms with E-state index in [9.17, 15) is 18.8 Å². The second kappa shape index (κ2) is 13.3. The van der Waals surface area contributed by atoms with E-state index in [0.717, 1.165) is 66.4 Å². The number of halogens is 1. The third-order valence-corrected chi connectivity index (χ3v) is 11.0. The van der Waals surface area contributed by atoms with Gasteiger partial charge in [-0.15, -0.1) is 11.3 Å². The lowest BCUT2D eigenvalue weighted by Crippen LogP contribution is -2.59. The summed E-state index contributed by atoms with van der Waals surface area (Å²) >= 11 is 1.38. The Hall–Kier alpha value is -5.46. The van der Waals surface area contributed by atoms with Gasteiger partial charge in [-0.2, -0.15) is 0 Å². The molecule has 258 valence electrons. The monoisotopic (exact) mass is 702 g/mol. The molecule has 0 radical (unpaired) electrons.